The van der Waals surface area contributed by atoms with E-state index >= 15 is 0 Å². The first-order valence-electron chi connectivity index (χ1n) is 4.22. The molecule has 0 saturated heterocycles. The molecule has 0 spiro atoms. The molecular formula is C10H14FNO. The highest BCUT2D eigenvalue weighted by Gasteiger charge is 2.14. The molecule has 0 aliphatic carbocycles. The summed E-state index contributed by atoms with van der Waals surface area (Å²) in [5, 5.41) is 9.25. The van der Waals surface area contributed by atoms with Gasteiger partial charge < -0.3 is 10.8 Å². The molecule has 0 saturated carbocycles. The van der Waals surface area contributed by atoms with Crippen LogP contribution in [0.25, 0.3) is 0 Å². The average Bonchev–Trinajstić information content (AvgIpc) is 2.03. The highest BCUT2D eigenvalue weighted by Crippen LogP contribution is 2.19. The predicted molar refractivity (Wildman–Crippen MR) is 49.7 cm³/mol. The van der Waals surface area contributed by atoms with Crippen LogP contribution in [0.2, 0.25) is 0 Å². The summed E-state index contributed by atoms with van der Waals surface area (Å²) in [6.07, 6.45) is -0.621. The third-order valence-electron chi connectivity index (χ3n) is 2.11. The van der Waals surface area contributed by atoms with Crippen LogP contribution in [0.3, 0.4) is 0 Å². The van der Waals surface area contributed by atoms with Crippen LogP contribution >= 0.6 is 0 Å². The topological polar surface area (TPSA) is 46.2 Å². The number of halogens is 1. The number of aliphatic hydroxyl groups excluding tert-OH is 1. The Balaban J connectivity index is 3.01. The van der Waals surface area contributed by atoms with Crippen molar-refractivity contribution in [2.45, 2.75) is 26.0 Å². The number of nitrogens with two attached hydrogens (primary N) is 1. The van der Waals surface area contributed by atoms with Gasteiger partial charge in [0.25, 0.3) is 0 Å². The van der Waals surface area contributed by atoms with E-state index in [2.05, 4.69) is 0 Å². The van der Waals surface area contributed by atoms with Gasteiger partial charge in [0.2, 0.25) is 0 Å². The Bertz CT molecular complexity index is 299. The zero-order valence-electron chi connectivity index (χ0n) is 7.79. The van der Waals surface area contributed by atoms with Crippen LogP contribution in [-0.4, -0.2) is 11.2 Å². The molecule has 0 aliphatic heterocycles. The molecule has 1 aromatic carbocycles. The molecular weight excluding hydrogens is 169 g/mol. The third-order valence-corrected chi connectivity index (χ3v) is 2.11. The van der Waals surface area contributed by atoms with Crippen molar-refractivity contribution >= 4 is 0 Å². The summed E-state index contributed by atoms with van der Waals surface area (Å²) in [5.41, 5.74) is 7.28. The molecule has 0 amide bonds. The maximum Gasteiger partial charge on any atom is 0.123 e. The van der Waals surface area contributed by atoms with Crippen LogP contribution in [0.4, 0.5) is 4.39 Å². The molecule has 2 atom stereocenters. The number of aliphatic hydroxyl groups is 1. The minimum absolute atomic E-state index is 0.279. The van der Waals surface area contributed by atoms with E-state index in [0.717, 1.165) is 11.1 Å². The normalized spacial score (nSPS) is 15.5. The maximum atomic E-state index is 12.7. The van der Waals surface area contributed by atoms with Crippen molar-refractivity contribution in [2.75, 3.05) is 0 Å². The summed E-state index contributed by atoms with van der Waals surface area (Å²) in [4.78, 5) is 0. The monoisotopic (exact) mass is 183 g/mol. The van der Waals surface area contributed by atoms with Crippen molar-refractivity contribution in [3.63, 3.8) is 0 Å². The minimum atomic E-state index is -0.621. The SMILES string of the molecule is Cc1cc(F)ccc1C(N)C(C)O. The molecule has 1 rings (SSSR count). The summed E-state index contributed by atoms with van der Waals surface area (Å²) in [6.45, 7) is 3.40. The first-order chi connectivity index (χ1) is 6.02. The quantitative estimate of drug-likeness (QED) is 0.730. The van der Waals surface area contributed by atoms with Gasteiger partial charge in [0.15, 0.2) is 0 Å². The second-order valence-corrected chi connectivity index (χ2v) is 3.27. The van der Waals surface area contributed by atoms with Crippen molar-refractivity contribution in [1.29, 1.82) is 0 Å². The Hall–Kier alpha value is -0.930. The van der Waals surface area contributed by atoms with E-state index in [0.29, 0.717) is 0 Å². The zero-order valence-corrected chi connectivity index (χ0v) is 7.79. The highest BCUT2D eigenvalue weighted by atomic mass is 19.1. The molecule has 0 heterocycles. The number of hydrogen-bond acceptors (Lipinski definition) is 2. The van der Waals surface area contributed by atoms with Crippen LogP contribution in [0.5, 0.6) is 0 Å². The van der Waals surface area contributed by atoms with Gasteiger partial charge in [0.1, 0.15) is 5.82 Å². The van der Waals surface area contributed by atoms with Crippen molar-refractivity contribution < 1.29 is 9.50 Å². The van der Waals surface area contributed by atoms with E-state index < -0.39 is 12.1 Å². The third kappa shape index (κ3) is 2.26. The fourth-order valence-corrected chi connectivity index (χ4v) is 1.27. The van der Waals surface area contributed by atoms with Gasteiger partial charge in [0, 0.05) is 0 Å². The lowest BCUT2D eigenvalue weighted by atomic mass is 9.98. The number of benzene rings is 1. The van der Waals surface area contributed by atoms with E-state index in [9.17, 15) is 9.50 Å². The van der Waals surface area contributed by atoms with Crippen molar-refractivity contribution in [1.82, 2.24) is 0 Å². The molecule has 3 heteroatoms. The van der Waals surface area contributed by atoms with Crippen molar-refractivity contribution in [2.24, 2.45) is 5.73 Å². The number of rotatable bonds is 2. The fourth-order valence-electron chi connectivity index (χ4n) is 1.27. The van der Waals surface area contributed by atoms with Crippen LogP contribution in [-0.2, 0) is 0 Å². The van der Waals surface area contributed by atoms with Crippen LogP contribution in [0.15, 0.2) is 18.2 Å². The summed E-state index contributed by atoms with van der Waals surface area (Å²) in [6, 6.07) is 3.94. The molecule has 3 N–H and O–H groups in total. The summed E-state index contributed by atoms with van der Waals surface area (Å²) < 4.78 is 12.7. The summed E-state index contributed by atoms with van der Waals surface area (Å²) in [5.74, 6) is -0.279. The van der Waals surface area contributed by atoms with Gasteiger partial charge in [-0.05, 0) is 37.1 Å². The predicted octanol–water partition coefficient (Wildman–Crippen LogP) is 1.51. The Labute approximate surface area is 77.2 Å². The molecule has 0 aromatic heterocycles. The Morgan fingerprint density at radius 1 is 1.46 bits per heavy atom. The van der Waals surface area contributed by atoms with Gasteiger partial charge in [-0.1, -0.05) is 6.07 Å². The number of aryl methyl sites for hydroxylation is 1. The molecule has 13 heavy (non-hydrogen) atoms. The molecule has 0 bridgehead atoms. The van der Waals surface area contributed by atoms with Crippen LogP contribution < -0.4 is 5.73 Å². The molecule has 2 unspecified atom stereocenters. The molecule has 0 radical (unpaired) electrons. The summed E-state index contributed by atoms with van der Waals surface area (Å²) in [7, 11) is 0. The van der Waals surface area contributed by atoms with E-state index in [1.807, 2.05) is 0 Å². The highest BCUT2D eigenvalue weighted by molar-refractivity contribution is 5.29. The first-order valence-corrected chi connectivity index (χ1v) is 4.22. The Morgan fingerprint density at radius 3 is 2.54 bits per heavy atom. The standard InChI is InChI=1S/C10H14FNO/c1-6-5-8(11)3-4-9(6)10(12)7(2)13/h3-5,7,10,13H,12H2,1-2H3. The van der Waals surface area contributed by atoms with E-state index in [1.54, 1.807) is 19.9 Å². The van der Waals surface area contributed by atoms with Gasteiger partial charge in [-0.3, -0.25) is 0 Å². The van der Waals surface area contributed by atoms with Gasteiger partial charge >= 0.3 is 0 Å². The second kappa shape index (κ2) is 3.85. The Kier molecular flexibility index (Phi) is 3.01. The molecule has 0 aliphatic rings. The lowest BCUT2D eigenvalue weighted by Crippen LogP contribution is -2.23. The van der Waals surface area contributed by atoms with E-state index in [1.165, 1.54) is 12.1 Å². The van der Waals surface area contributed by atoms with Crippen molar-refractivity contribution in [3.05, 3.63) is 35.1 Å². The van der Waals surface area contributed by atoms with Gasteiger partial charge in [-0.25, -0.2) is 4.39 Å². The fraction of sp³-hybridized carbons (Fsp3) is 0.400. The van der Waals surface area contributed by atoms with Crippen molar-refractivity contribution in [3.8, 4) is 0 Å². The molecule has 72 valence electrons. The molecule has 2 nitrogen and oxygen atoms in total. The lowest BCUT2D eigenvalue weighted by Gasteiger charge is -2.17. The van der Waals surface area contributed by atoms with Gasteiger partial charge in [-0.2, -0.15) is 0 Å². The lowest BCUT2D eigenvalue weighted by molar-refractivity contribution is 0.164. The number of hydrogen-bond donors (Lipinski definition) is 2. The molecule has 1 aromatic rings. The maximum absolute atomic E-state index is 12.7. The first kappa shape index (κ1) is 10.2. The second-order valence-electron chi connectivity index (χ2n) is 3.27. The average molecular weight is 183 g/mol. The Morgan fingerprint density at radius 2 is 2.08 bits per heavy atom. The minimum Gasteiger partial charge on any atom is -0.391 e. The molecule has 0 fully saturated rings. The largest absolute Gasteiger partial charge is 0.391 e. The summed E-state index contributed by atoms with van der Waals surface area (Å²) >= 11 is 0. The zero-order chi connectivity index (χ0) is 10.0. The smallest absolute Gasteiger partial charge is 0.123 e. The van der Waals surface area contributed by atoms with Gasteiger partial charge in [-0.15, -0.1) is 0 Å². The van der Waals surface area contributed by atoms with E-state index in [-0.39, 0.29) is 5.82 Å². The van der Waals surface area contributed by atoms with E-state index in [4.69, 9.17) is 5.73 Å². The van der Waals surface area contributed by atoms with Gasteiger partial charge in [0.05, 0.1) is 12.1 Å². The van der Waals surface area contributed by atoms with Crippen LogP contribution in [0, 0.1) is 12.7 Å². The van der Waals surface area contributed by atoms with Crippen LogP contribution in [0.1, 0.15) is 24.1 Å².